The van der Waals surface area contributed by atoms with Crippen LogP contribution in [0.4, 0.5) is 5.82 Å². The molecule has 7 nitrogen and oxygen atoms in total. The van der Waals surface area contributed by atoms with E-state index in [0.717, 1.165) is 33.5 Å². The van der Waals surface area contributed by atoms with Crippen molar-refractivity contribution >= 4 is 16.7 Å². The summed E-state index contributed by atoms with van der Waals surface area (Å²) in [5.41, 5.74) is 4.15. The minimum absolute atomic E-state index is 0.0313. The summed E-state index contributed by atoms with van der Waals surface area (Å²) in [4.78, 5) is 9.21. The van der Waals surface area contributed by atoms with Crippen LogP contribution in [0.2, 0.25) is 0 Å². The molecule has 1 atom stereocenters. The zero-order chi connectivity index (χ0) is 21.3. The minimum atomic E-state index is 0.0313. The minimum Gasteiger partial charge on any atom is -0.493 e. The van der Waals surface area contributed by atoms with Crippen LogP contribution in [-0.2, 0) is 7.05 Å². The Morgan fingerprint density at radius 2 is 1.77 bits per heavy atom. The Hall–Kier alpha value is -3.61. The lowest BCUT2D eigenvalue weighted by atomic mass is 10.0. The summed E-state index contributed by atoms with van der Waals surface area (Å²) in [5, 5.41) is 8.70. The Balaban J connectivity index is 1.71. The van der Waals surface area contributed by atoms with Crippen LogP contribution in [0.1, 0.15) is 24.4 Å². The van der Waals surface area contributed by atoms with E-state index in [1.54, 1.807) is 20.4 Å². The molecule has 0 aliphatic heterocycles. The third-order valence-corrected chi connectivity index (χ3v) is 5.17. The monoisotopic (exact) mass is 403 g/mol. The first kappa shape index (κ1) is 19.7. The van der Waals surface area contributed by atoms with Crippen molar-refractivity contribution in [2.75, 3.05) is 19.5 Å². The number of nitrogens with one attached hydrogen (secondary N) is 1. The molecule has 0 saturated heterocycles. The van der Waals surface area contributed by atoms with Crippen LogP contribution in [0.5, 0.6) is 11.5 Å². The van der Waals surface area contributed by atoms with Gasteiger partial charge >= 0.3 is 0 Å². The summed E-state index contributed by atoms with van der Waals surface area (Å²) in [6, 6.07) is 14.3. The van der Waals surface area contributed by atoms with Crippen LogP contribution in [0.3, 0.4) is 0 Å². The fourth-order valence-corrected chi connectivity index (χ4v) is 3.59. The molecule has 154 valence electrons. The van der Waals surface area contributed by atoms with Gasteiger partial charge in [-0.1, -0.05) is 18.2 Å². The van der Waals surface area contributed by atoms with Crippen LogP contribution in [-0.4, -0.2) is 34.0 Å². The largest absolute Gasteiger partial charge is 0.493 e. The second kappa shape index (κ2) is 8.02. The van der Waals surface area contributed by atoms with Gasteiger partial charge in [0.1, 0.15) is 11.6 Å². The number of anilines is 1. The predicted molar refractivity (Wildman–Crippen MR) is 118 cm³/mol. The summed E-state index contributed by atoms with van der Waals surface area (Å²) in [7, 11) is 5.19. The van der Waals surface area contributed by atoms with E-state index in [1.807, 2.05) is 36.9 Å². The van der Waals surface area contributed by atoms with E-state index < -0.39 is 0 Å². The van der Waals surface area contributed by atoms with Crippen molar-refractivity contribution in [1.29, 1.82) is 0 Å². The van der Waals surface area contributed by atoms with Crippen LogP contribution >= 0.6 is 0 Å². The number of hydrogen-bond donors (Lipinski definition) is 1. The van der Waals surface area contributed by atoms with E-state index in [0.29, 0.717) is 17.3 Å². The van der Waals surface area contributed by atoms with Gasteiger partial charge in [-0.3, -0.25) is 4.68 Å². The number of nitrogens with zero attached hydrogens (tertiary/aromatic N) is 4. The van der Waals surface area contributed by atoms with Crippen molar-refractivity contribution in [3.63, 3.8) is 0 Å². The fourth-order valence-electron chi connectivity index (χ4n) is 3.59. The van der Waals surface area contributed by atoms with Gasteiger partial charge in [0, 0.05) is 36.3 Å². The second-order valence-electron chi connectivity index (χ2n) is 7.18. The molecule has 0 aliphatic carbocycles. The molecule has 0 amide bonds. The molecule has 30 heavy (non-hydrogen) atoms. The van der Waals surface area contributed by atoms with Crippen LogP contribution < -0.4 is 14.8 Å². The predicted octanol–water partition coefficient (Wildman–Crippen LogP) is 4.53. The number of benzene rings is 2. The van der Waals surface area contributed by atoms with Gasteiger partial charge < -0.3 is 14.8 Å². The van der Waals surface area contributed by atoms with Gasteiger partial charge in [-0.2, -0.15) is 5.10 Å². The van der Waals surface area contributed by atoms with Gasteiger partial charge in [-0.25, -0.2) is 9.97 Å². The molecule has 1 unspecified atom stereocenters. The summed E-state index contributed by atoms with van der Waals surface area (Å²) < 4.78 is 12.8. The van der Waals surface area contributed by atoms with E-state index in [1.165, 1.54) is 0 Å². The van der Waals surface area contributed by atoms with Crippen molar-refractivity contribution in [3.05, 3.63) is 60.0 Å². The third kappa shape index (κ3) is 3.66. The summed E-state index contributed by atoms with van der Waals surface area (Å²) >= 11 is 0. The highest BCUT2D eigenvalue weighted by atomic mass is 16.5. The lowest BCUT2D eigenvalue weighted by Gasteiger charge is -2.18. The summed E-state index contributed by atoms with van der Waals surface area (Å²) in [6.45, 7) is 4.00. The van der Waals surface area contributed by atoms with E-state index in [9.17, 15) is 0 Å². The van der Waals surface area contributed by atoms with Gasteiger partial charge in [-0.15, -0.1) is 0 Å². The molecule has 0 aliphatic rings. The number of ether oxygens (including phenoxy) is 2. The molecule has 1 N–H and O–H groups in total. The summed E-state index contributed by atoms with van der Waals surface area (Å²) in [5.74, 6) is 2.74. The number of methoxy groups -OCH3 is 2. The van der Waals surface area contributed by atoms with Crippen molar-refractivity contribution in [2.45, 2.75) is 19.9 Å². The first-order valence-corrected chi connectivity index (χ1v) is 9.75. The smallest absolute Gasteiger partial charge is 0.162 e. The lowest BCUT2D eigenvalue weighted by molar-refractivity contribution is 0.356. The molecule has 0 radical (unpaired) electrons. The molecule has 7 heteroatoms. The molecule has 0 fully saturated rings. The molecule has 0 spiro atoms. The van der Waals surface area contributed by atoms with Gasteiger partial charge in [-0.05, 0) is 37.6 Å². The van der Waals surface area contributed by atoms with Crippen molar-refractivity contribution in [2.24, 2.45) is 7.05 Å². The maximum atomic E-state index is 5.47. The van der Waals surface area contributed by atoms with Gasteiger partial charge in [0.15, 0.2) is 11.5 Å². The number of rotatable bonds is 6. The molecule has 0 bridgehead atoms. The molecule has 2 aromatic heterocycles. The third-order valence-electron chi connectivity index (χ3n) is 5.17. The van der Waals surface area contributed by atoms with Crippen molar-refractivity contribution in [1.82, 2.24) is 19.7 Å². The molecule has 2 heterocycles. The maximum absolute atomic E-state index is 5.47. The standard InChI is InChI=1S/C23H25N5O2/c1-14(16-7-6-8-17(11-16)20-9-10-24-28(20)3)25-23-18-12-21(29-4)22(30-5)13-19(18)26-15(2)27-23/h6-14H,1-5H3,(H,25,26,27). The molecule has 0 saturated carbocycles. The van der Waals surface area contributed by atoms with Crippen LogP contribution in [0.25, 0.3) is 22.2 Å². The molecule has 2 aromatic carbocycles. The normalized spacial score (nSPS) is 12.0. The topological polar surface area (TPSA) is 74.1 Å². The average Bonchev–Trinajstić information content (AvgIpc) is 3.18. The number of aromatic nitrogens is 4. The Kier molecular flexibility index (Phi) is 5.27. The lowest BCUT2D eigenvalue weighted by Crippen LogP contribution is -2.10. The number of aryl methyl sites for hydroxylation is 2. The van der Waals surface area contributed by atoms with Gasteiger partial charge in [0.05, 0.1) is 25.4 Å². The van der Waals surface area contributed by atoms with Gasteiger partial charge in [0.25, 0.3) is 0 Å². The number of fused-ring (bicyclic) bond motifs is 1. The molecule has 4 rings (SSSR count). The van der Waals surface area contributed by atoms with E-state index in [-0.39, 0.29) is 6.04 Å². The first-order chi connectivity index (χ1) is 14.5. The highest BCUT2D eigenvalue weighted by molar-refractivity contribution is 5.92. The van der Waals surface area contributed by atoms with Gasteiger partial charge in [0.2, 0.25) is 0 Å². The highest BCUT2D eigenvalue weighted by Crippen LogP contribution is 2.35. The Bertz CT molecular complexity index is 1200. The summed E-state index contributed by atoms with van der Waals surface area (Å²) in [6.07, 6.45) is 1.81. The average molecular weight is 403 g/mol. The van der Waals surface area contributed by atoms with Crippen LogP contribution in [0.15, 0.2) is 48.7 Å². The Morgan fingerprint density at radius 1 is 1.00 bits per heavy atom. The molecular weight excluding hydrogens is 378 g/mol. The molecular formula is C23H25N5O2. The van der Waals surface area contributed by atoms with Crippen molar-refractivity contribution in [3.8, 4) is 22.8 Å². The maximum Gasteiger partial charge on any atom is 0.162 e. The zero-order valence-corrected chi connectivity index (χ0v) is 17.8. The Morgan fingerprint density at radius 3 is 2.47 bits per heavy atom. The highest BCUT2D eigenvalue weighted by Gasteiger charge is 2.15. The zero-order valence-electron chi connectivity index (χ0n) is 17.8. The quantitative estimate of drug-likeness (QED) is 0.510. The molecule has 4 aromatic rings. The Labute approximate surface area is 175 Å². The second-order valence-corrected chi connectivity index (χ2v) is 7.18. The van der Waals surface area contributed by atoms with E-state index in [2.05, 4.69) is 51.6 Å². The van der Waals surface area contributed by atoms with Crippen molar-refractivity contribution < 1.29 is 9.47 Å². The first-order valence-electron chi connectivity index (χ1n) is 9.75. The van der Waals surface area contributed by atoms with E-state index >= 15 is 0 Å². The van der Waals surface area contributed by atoms with E-state index in [4.69, 9.17) is 9.47 Å². The number of hydrogen-bond acceptors (Lipinski definition) is 6. The van der Waals surface area contributed by atoms with Crippen LogP contribution in [0, 0.1) is 6.92 Å². The SMILES string of the molecule is COc1cc2nc(C)nc(NC(C)c3cccc(-c4ccnn4C)c3)c2cc1OC. The fraction of sp³-hybridized carbons (Fsp3) is 0.261.